The third kappa shape index (κ3) is 2.37. The molecule has 1 aliphatic rings. The second-order valence-electron chi connectivity index (χ2n) is 4.39. The molecule has 0 spiro atoms. The summed E-state index contributed by atoms with van der Waals surface area (Å²) in [5.74, 6) is 0.477. The summed E-state index contributed by atoms with van der Waals surface area (Å²) in [6, 6.07) is 6.06. The molecule has 0 fully saturated rings. The van der Waals surface area contributed by atoms with E-state index in [-0.39, 0.29) is 6.04 Å². The fourth-order valence-electron chi connectivity index (χ4n) is 1.89. The van der Waals surface area contributed by atoms with E-state index in [0.717, 1.165) is 27.8 Å². The summed E-state index contributed by atoms with van der Waals surface area (Å²) in [5.41, 5.74) is 2.23. The van der Waals surface area contributed by atoms with Gasteiger partial charge in [-0.25, -0.2) is 0 Å². The Kier molecular flexibility index (Phi) is 3.47. The van der Waals surface area contributed by atoms with Crippen molar-refractivity contribution in [3.05, 3.63) is 28.8 Å². The summed E-state index contributed by atoms with van der Waals surface area (Å²) in [6.45, 7) is 5.12. The van der Waals surface area contributed by atoms with Gasteiger partial charge in [0.15, 0.2) is 0 Å². The Balaban J connectivity index is 2.29. The molecule has 0 aliphatic carbocycles. The Morgan fingerprint density at radius 3 is 2.88 bits per heavy atom. The molecule has 0 aromatic heterocycles. The summed E-state index contributed by atoms with van der Waals surface area (Å²) >= 11 is 11.4. The van der Waals surface area contributed by atoms with E-state index in [4.69, 9.17) is 23.8 Å². The quantitative estimate of drug-likeness (QED) is 0.753. The van der Waals surface area contributed by atoms with Gasteiger partial charge in [-0.15, -0.1) is 0 Å². The zero-order valence-electron chi connectivity index (χ0n) is 9.38. The molecular formula is C12H15ClN2S. The van der Waals surface area contributed by atoms with E-state index in [2.05, 4.69) is 24.5 Å². The molecule has 1 atom stereocenters. The molecule has 2 N–H and O–H groups in total. The monoisotopic (exact) mass is 254 g/mol. The zero-order chi connectivity index (χ0) is 11.7. The number of hydrogen-bond donors (Lipinski definition) is 2. The average Bonchev–Trinajstić information content (AvgIpc) is 2.36. The molecule has 1 aromatic carbocycles. The van der Waals surface area contributed by atoms with Crippen LogP contribution in [0.5, 0.6) is 0 Å². The van der Waals surface area contributed by atoms with E-state index in [1.807, 2.05) is 18.2 Å². The predicted molar refractivity (Wildman–Crippen MR) is 73.1 cm³/mol. The number of anilines is 1. The first-order chi connectivity index (χ1) is 7.58. The summed E-state index contributed by atoms with van der Waals surface area (Å²) in [6.07, 6.45) is 0. The zero-order valence-corrected chi connectivity index (χ0v) is 11.0. The standard InChI is InChI=1S/C12H15ClN2S/c1-7(2)11-12(16)15-10-4-3-9(13)5-8(10)6-14-11/h3-5,7,11,14H,6H2,1-2H3,(H,15,16). The SMILES string of the molecule is CC(C)C1NCc2cc(Cl)ccc2NC1=S. The van der Waals surface area contributed by atoms with Gasteiger partial charge in [-0.2, -0.15) is 0 Å². The van der Waals surface area contributed by atoms with Crippen molar-refractivity contribution in [2.24, 2.45) is 5.92 Å². The predicted octanol–water partition coefficient (Wildman–Crippen LogP) is 3.21. The highest BCUT2D eigenvalue weighted by molar-refractivity contribution is 7.80. The molecule has 2 nitrogen and oxygen atoms in total. The van der Waals surface area contributed by atoms with Crippen molar-refractivity contribution < 1.29 is 0 Å². The minimum Gasteiger partial charge on any atom is -0.348 e. The van der Waals surface area contributed by atoms with Crippen molar-refractivity contribution >= 4 is 34.5 Å². The van der Waals surface area contributed by atoms with Crippen LogP contribution in [0.4, 0.5) is 5.69 Å². The molecule has 2 rings (SSSR count). The van der Waals surface area contributed by atoms with Crippen LogP contribution in [0.2, 0.25) is 5.02 Å². The molecule has 0 amide bonds. The van der Waals surface area contributed by atoms with Crippen LogP contribution >= 0.6 is 23.8 Å². The number of rotatable bonds is 1. The van der Waals surface area contributed by atoms with Crippen molar-refractivity contribution in [2.75, 3.05) is 5.32 Å². The Labute approximate surface area is 106 Å². The maximum absolute atomic E-state index is 5.98. The topological polar surface area (TPSA) is 24.1 Å². The van der Waals surface area contributed by atoms with Gasteiger partial charge in [-0.05, 0) is 29.7 Å². The van der Waals surface area contributed by atoms with Crippen LogP contribution < -0.4 is 10.6 Å². The second kappa shape index (κ2) is 4.70. The van der Waals surface area contributed by atoms with Crippen LogP contribution in [0.15, 0.2) is 18.2 Å². The first-order valence-electron chi connectivity index (χ1n) is 5.40. The molecule has 0 saturated carbocycles. The molecule has 1 aliphatic heterocycles. The fraction of sp³-hybridized carbons (Fsp3) is 0.417. The lowest BCUT2D eigenvalue weighted by atomic mass is 10.0. The van der Waals surface area contributed by atoms with Gasteiger partial charge in [0, 0.05) is 17.3 Å². The summed E-state index contributed by atoms with van der Waals surface area (Å²) in [7, 11) is 0. The Hall–Kier alpha value is -0.640. The first-order valence-corrected chi connectivity index (χ1v) is 6.19. The minimum absolute atomic E-state index is 0.223. The first kappa shape index (κ1) is 11.8. The van der Waals surface area contributed by atoms with E-state index >= 15 is 0 Å². The van der Waals surface area contributed by atoms with Gasteiger partial charge in [0.25, 0.3) is 0 Å². The minimum atomic E-state index is 0.223. The van der Waals surface area contributed by atoms with Crippen LogP contribution in [0.25, 0.3) is 0 Å². The lowest BCUT2D eigenvalue weighted by Gasteiger charge is -2.20. The summed E-state index contributed by atoms with van der Waals surface area (Å²) in [4.78, 5) is 0.857. The van der Waals surface area contributed by atoms with Crippen LogP contribution in [0.1, 0.15) is 19.4 Å². The molecule has 0 radical (unpaired) electrons. The molecule has 0 bridgehead atoms. The summed E-state index contributed by atoms with van der Waals surface area (Å²) < 4.78 is 0. The third-order valence-corrected chi connectivity index (χ3v) is 3.38. The van der Waals surface area contributed by atoms with E-state index in [1.54, 1.807) is 0 Å². The Morgan fingerprint density at radius 2 is 2.19 bits per heavy atom. The van der Waals surface area contributed by atoms with E-state index in [0.29, 0.717) is 5.92 Å². The largest absolute Gasteiger partial charge is 0.348 e. The maximum Gasteiger partial charge on any atom is 0.0972 e. The highest BCUT2D eigenvalue weighted by Gasteiger charge is 2.22. The van der Waals surface area contributed by atoms with Crippen LogP contribution in [0, 0.1) is 5.92 Å². The molecule has 16 heavy (non-hydrogen) atoms. The smallest absolute Gasteiger partial charge is 0.0972 e. The van der Waals surface area contributed by atoms with Gasteiger partial charge in [-0.1, -0.05) is 37.7 Å². The van der Waals surface area contributed by atoms with E-state index < -0.39 is 0 Å². The van der Waals surface area contributed by atoms with E-state index in [9.17, 15) is 0 Å². The number of hydrogen-bond acceptors (Lipinski definition) is 2. The van der Waals surface area contributed by atoms with Crippen molar-refractivity contribution in [1.82, 2.24) is 5.32 Å². The van der Waals surface area contributed by atoms with Gasteiger partial charge in [0.2, 0.25) is 0 Å². The molecule has 1 unspecified atom stereocenters. The van der Waals surface area contributed by atoms with Crippen molar-refractivity contribution in [1.29, 1.82) is 0 Å². The normalized spacial score (nSPS) is 20.2. The van der Waals surface area contributed by atoms with Gasteiger partial charge in [0.05, 0.1) is 11.0 Å². The van der Waals surface area contributed by atoms with Crippen LogP contribution in [-0.2, 0) is 6.54 Å². The molecular weight excluding hydrogens is 240 g/mol. The van der Waals surface area contributed by atoms with Gasteiger partial charge in [0.1, 0.15) is 0 Å². The highest BCUT2D eigenvalue weighted by atomic mass is 35.5. The van der Waals surface area contributed by atoms with Crippen molar-refractivity contribution in [2.45, 2.75) is 26.4 Å². The fourth-order valence-corrected chi connectivity index (χ4v) is 2.55. The molecule has 0 saturated heterocycles. The number of nitrogens with one attached hydrogen (secondary N) is 2. The summed E-state index contributed by atoms with van der Waals surface area (Å²) in [5, 5.41) is 7.50. The van der Waals surface area contributed by atoms with E-state index in [1.165, 1.54) is 0 Å². The number of fused-ring (bicyclic) bond motifs is 1. The second-order valence-corrected chi connectivity index (χ2v) is 5.27. The molecule has 1 heterocycles. The number of thiocarbonyl (C=S) groups is 1. The van der Waals surface area contributed by atoms with Crippen molar-refractivity contribution in [3.63, 3.8) is 0 Å². The van der Waals surface area contributed by atoms with Crippen LogP contribution in [0.3, 0.4) is 0 Å². The Bertz CT molecular complexity index is 417. The number of benzene rings is 1. The maximum atomic E-state index is 5.98. The molecule has 1 aromatic rings. The lowest BCUT2D eigenvalue weighted by Crippen LogP contribution is -2.40. The highest BCUT2D eigenvalue weighted by Crippen LogP contribution is 2.24. The molecule has 4 heteroatoms. The average molecular weight is 255 g/mol. The lowest BCUT2D eigenvalue weighted by molar-refractivity contribution is 0.492. The van der Waals surface area contributed by atoms with Crippen molar-refractivity contribution in [3.8, 4) is 0 Å². The Morgan fingerprint density at radius 1 is 1.44 bits per heavy atom. The van der Waals surface area contributed by atoms with Gasteiger partial charge >= 0.3 is 0 Å². The van der Waals surface area contributed by atoms with Gasteiger partial charge < -0.3 is 10.6 Å². The number of halogens is 1. The molecule has 86 valence electrons. The van der Waals surface area contributed by atoms with Crippen LogP contribution in [-0.4, -0.2) is 11.0 Å². The third-order valence-electron chi connectivity index (χ3n) is 2.79. The van der Waals surface area contributed by atoms with Gasteiger partial charge in [-0.3, -0.25) is 0 Å².